The van der Waals surface area contributed by atoms with Crippen molar-refractivity contribution in [2.24, 2.45) is 23.2 Å². The number of ketones is 1. The van der Waals surface area contributed by atoms with Crippen molar-refractivity contribution in [3.8, 4) is 0 Å². The van der Waals surface area contributed by atoms with Gasteiger partial charge in [-0.25, -0.2) is 0 Å². The van der Waals surface area contributed by atoms with Crippen LogP contribution in [0.5, 0.6) is 0 Å². The van der Waals surface area contributed by atoms with Crippen molar-refractivity contribution in [3.63, 3.8) is 0 Å². The van der Waals surface area contributed by atoms with E-state index in [1.165, 1.54) is 44.1 Å². The topological polar surface area (TPSA) is 29.1 Å². The molecule has 0 aromatic heterocycles. The standard InChI is InChI=1S/C20H27NO/c1-14(21-13-15-5-3-2-4-6-15)19(22)20-10-16-7-17(11-20)9-18(8-16)12-20/h2-6,14,16-18,21H,7-13H2,1H3/t14-,16?,17?,18?,20?/m1/s1. The molecule has 1 atom stereocenters. The number of carbonyl (C=O) groups excluding carboxylic acids is 1. The summed E-state index contributed by atoms with van der Waals surface area (Å²) in [5.41, 5.74) is 1.28. The lowest BCUT2D eigenvalue weighted by atomic mass is 9.48. The molecule has 4 aliphatic carbocycles. The lowest BCUT2D eigenvalue weighted by Crippen LogP contribution is -2.54. The molecule has 5 rings (SSSR count). The van der Waals surface area contributed by atoms with E-state index in [4.69, 9.17) is 0 Å². The van der Waals surface area contributed by atoms with E-state index >= 15 is 0 Å². The molecule has 0 amide bonds. The van der Waals surface area contributed by atoms with Crippen LogP contribution >= 0.6 is 0 Å². The van der Waals surface area contributed by atoms with Crippen LogP contribution in [0.3, 0.4) is 0 Å². The summed E-state index contributed by atoms with van der Waals surface area (Å²) in [7, 11) is 0. The van der Waals surface area contributed by atoms with E-state index in [1.54, 1.807) is 0 Å². The molecule has 4 fully saturated rings. The zero-order chi connectivity index (χ0) is 15.2. The molecule has 4 saturated carbocycles. The summed E-state index contributed by atoms with van der Waals surface area (Å²) in [5, 5.41) is 3.47. The van der Waals surface area contributed by atoms with Crippen LogP contribution in [0.2, 0.25) is 0 Å². The van der Waals surface area contributed by atoms with Crippen LogP contribution in [0.15, 0.2) is 30.3 Å². The van der Waals surface area contributed by atoms with E-state index in [2.05, 4.69) is 36.5 Å². The Morgan fingerprint density at radius 2 is 1.64 bits per heavy atom. The van der Waals surface area contributed by atoms with Gasteiger partial charge in [-0.15, -0.1) is 0 Å². The highest BCUT2D eigenvalue weighted by Crippen LogP contribution is 2.60. The van der Waals surface area contributed by atoms with E-state index in [1.807, 2.05) is 6.07 Å². The Kier molecular flexibility index (Phi) is 3.60. The quantitative estimate of drug-likeness (QED) is 0.891. The number of nitrogens with one attached hydrogen (secondary N) is 1. The summed E-state index contributed by atoms with van der Waals surface area (Å²) >= 11 is 0. The van der Waals surface area contributed by atoms with Crippen molar-refractivity contribution < 1.29 is 4.79 Å². The van der Waals surface area contributed by atoms with E-state index in [0.29, 0.717) is 5.78 Å². The number of carbonyl (C=O) groups is 1. The Labute approximate surface area is 133 Å². The van der Waals surface area contributed by atoms with Crippen molar-refractivity contribution in [1.82, 2.24) is 5.32 Å². The molecule has 2 nitrogen and oxygen atoms in total. The maximum Gasteiger partial charge on any atom is 0.155 e. The molecular weight excluding hydrogens is 270 g/mol. The Balaban J connectivity index is 1.43. The first-order valence-electron chi connectivity index (χ1n) is 8.96. The Morgan fingerprint density at radius 1 is 1.09 bits per heavy atom. The third-order valence-corrected chi connectivity index (χ3v) is 6.41. The van der Waals surface area contributed by atoms with E-state index in [-0.39, 0.29) is 11.5 Å². The first-order valence-corrected chi connectivity index (χ1v) is 8.96. The zero-order valence-corrected chi connectivity index (χ0v) is 13.6. The molecule has 1 aromatic carbocycles. The van der Waals surface area contributed by atoms with Crippen molar-refractivity contribution in [1.29, 1.82) is 0 Å². The van der Waals surface area contributed by atoms with Gasteiger partial charge < -0.3 is 5.32 Å². The van der Waals surface area contributed by atoms with Gasteiger partial charge in [-0.3, -0.25) is 4.79 Å². The first kappa shape index (κ1) is 14.4. The van der Waals surface area contributed by atoms with Crippen molar-refractivity contribution in [2.45, 2.75) is 58.0 Å². The van der Waals surface area contributed by atoms with Crippen LogP contribution in [0.25, 0.3) is 0 Å². The van der Waals surface area contributed by atoms with E-state index < -0.39 is 0 Å². The average molecular weight is 297 g/mol. The van der Waals surface area contributed by atoms with Gasteiger partial charge in [0.2, 0.25) is 0 Å². The monoisotopic (exact) mass is 297 g/mol. The maximum atomic E-state index is 13.2. The second kappa shape index (κ2) is 5.49. The number of hydrogen-bond acceptors (Lipinski definition) is 2. The SMILES string of the molecule is C[C@@H](NCc1ccccc1)C(=O)C12CC3CC(CC(C3)C1)C2. The minimum Gasteiger partial charge on any atom is -0.304 e. The molecular formula is C20H27NO. The van der Waals surface area contributed by atoms with Crippen molar-refractivity contribution in [2.75, 3.05) is 0 Å². The van der Waals surface area contributed by atoms with Gasteiger partial charge >= 0.3 is 0 Å². The highest BCUT2D eigenvalue weighted by molar-refractivity contribution is 5.89. The van der Waals surface area contributed by atoms with Crippen LogP contribution in [0.4, 0.5) is 0 Å². The molecule has 1 N–H and O–H groups in total. The molecule has 0 saturated heterocycles. The summed E-state index contributed by atoms with van der Waals surface area (Å²) in [5.74, 6) is 3.03. The van der Waals surface area contributed by atoms with Crippen molar-refractivity contribution in [3.05, 3.63) is 35.9 Å². The predicted octanol–water partition coefficient (Wildman–Crippen LogP) is 3.95. The summed E-state index contributed by atoms with van der Waals surface area (Å²) in [6.45, 7) is 2.87. The van der Waals surface area contributed by atoms with Crippen LogP contribution < -0.4 is 5.32 Å². The first-order chi connectivity index (χ1) is 10.6. The molecule has 0 unspecified atom stereocenters. The van der Waals surface area contributed by atoms with Crippen LogP contribution in [0.1, 0.15) is 51.0 Å². The molecule has 0 spiro atoms. The molecule has 2 heteroatoms. The largest absolute Gasteiger partial charge is 0.304 e. The molecule has 4 aliphatic rings. The minimum atomic E-state index is -0.0172. The van der Waals surface area contributed by atoms with Gasteiger partial charge in [-0.1, -0.05) is 30.3 Å². The van der Waals surface area contributed by atoms with Crippen LogP contribution in [0, 0.1) is 23.2 Å². The van der Waals surface area contributed by atoms with Crippen LogP contribution in [-0.4, -0.2) is 11.8 Å². The molecule has 4 bridgehead atoms. The zero-order valence-electron chi connectivity index (χ0n) is 13.6. The summed E-state index contributed by atoms with van der Waals surface area (Å²) in [4.78, 5) is 13.2. The van der Waals surface area contributed by atoms with Gasteiger partial charge in [0, 0.05) is 12.0 Å². The number of hydrogen-bond donors (Lipinski definition) is 1. The highest BCUT2D eigenvalue weighted by atomic mass is 16.1. The number of Topliss-reactive ketones (excluding diaryl/α,β-unsaturated/α-hetero) is 1. The van der Waals surface area contributed by atoms with E-state index in [9.17, 15) is 4.79 Å². The third kappa shape index (κ3) is 2.52. The van der Waals surface area contributed by atoms with Gasteiger partial charge in [0.25, 0.3) is 0 Å². The van der Waals surface area contributed by atoms with Gasteiger partial charge in [0.05, 0.1) is 6.04 Å². The smallest absolute Gasteiger partial charge is 0.155 e. The lowest BCUT2D eigenvalue weighted by Gasteiger charge is -2.56. The fourth-order valence-corrected chi connectivity index (χ4v) is 5.83. The Hall–Kier alpha value is -1.15. The summed E-state index contributed by atoms with van der Waals surface area (Å²) in [6, 6.07) is 10.4. The van der Waals surface area contributed by atoms with Gasteiger partial charge in [-0.05, 0) is 68.8 Å². The predicted molar refractivity (Wildman–Crippen MR) is 88.4 cm³/mol. The summed E-state index contributed by atoms with van der Waals surface area (Å²) < 4.78 is 0. The molecule has 0 aliphatic heterocycles. The number of rotatable bonds is 5. The van der Waals surface area contributed by atoms with Gasteiger partial charge in [0.15, 0.2) is 5.78 Å². The average Bonchev–Trinajstić information content (AvgIpc) is 2.51. The van der Waals surface area contributed by atoms with Crippen LogP contribution in [-0.2, 0) is 11.3 Å². The Bertz CT molecular complexity index is 515. The molecule has 118 valence electrons. The van der Waals surface area contributed by atoms with Crippen molar-refractivity contribution >= 4 is 5.78 Å². The second-order valence-electron chi connectivity index (χ2n) is 8.15. The fraction of sp³-hybridized carbons (Fsp3) is 0.650. The molecule has 1 aromatic rings. The normalized spacial score (nSPS) is 37.2. The molecule has 0 radical (unpaired) electrons. The maximum absolute atomic E-state index is 13.2. The Morgan fingerprint density at radius 3 is 2.18 bits per heavy atom. The second-order valence-corrected chi connectivity index (χ2v) is 8.15. The molecule has 0 heterocycles. The van der Waals surface area contributed by atoms with Gasteiger partial charge in [-0.2, -0.15) is 0 Å². The number of benzene rings is 1. The molecule has 22 heavy (non-hydrogen) atoms. The summed E-state index contributed by atoms with van der Waals surface area (Å²) in [6.07, 6.45) is 7.73. The fourth-order valence-electron chi connectivity index (χ4n) is 5.83. The van der Waals surface area contributed by atoms with E-state index in [0.717, 1.165) is 24.3 Å². The lowest BCUT2D eigenvalue weighted by molar-refractivity contribution is -0.145. The van der Waals surface area contributed by atoms with Gasteiger partial charge in [0.1, 0.15) is 0 Å². The minimum absolute atomic E-state index is 0.0172. The third-order valence-electron chi connectivity index (χ3n) is 6.41. The highest BCUT2D eigenvalue weighted by Gasteiger charge is 2.54.